The Morgan fingerprint density at radius 1 is 1.24 bits per heavy atom. The van der Waals surface area contributed by atoms with E-state index < -0.39 is 0 Å². The average Bonchev–Trinajstić information content (AvgIpc) is 2.45. The van der Waals surface area contributed by atoms with Crippen molar-refractivity contribution in [1.82, 2.24) is 4.90 Å². The Kier molecular flexibility index (Phi) is 7.75. The first-order valence-corrected chi connectivity index (χ1v) is 7.78. The number of nitro groups is 1. The Morgan fingerprint density at radius 2 is 2.00 bits per heavy atom. The topological polar surface area (TPSA) is 58.4 Å². The van der Waals surface area contributed by atoms with E-state index in [1.165, 1.54) is 19.3 Å². The van der Waals surface area contributed by atoms with E-state index in [4.69, 9.17) is 0 Å². The summed E-state index contributed by atoms with van der Waals surface area (Å²) in [6, 6.07) is 5.36. The van der Waals surface area contributed by atoms with Crippen LogP contribution in [-0.4, -0.2) is 30.0 Å². The molecule has 0 aromatic heterocycles. The molecular weight excluding hydrogens is 266 g/mol. The number of hydrogen-bond donors (Lipinski definition) is 1. The van der Waals surface area contributed by atoms with Gasteiger partial charge in [-0.25, -0.2) is 0 Å². The predicted molar refractivity (Wildman–Crippen MR) is 87.7 cm³/mol. The highest BCUT2D eigenvalue weighted by Crippen LogP contribution is 2.26. The summed E-state index contributed by atoms with van der Waals surface area (Å²) in [5.41, 5.74) is 1.89. The fraction of sp³-hybridized carbons (Fsp3) is 0.625. The third kappa shape index (κ3) is 6.12. The van der Waals surface area contributed by atoms with Crippen LogP contribution in [0.4, 0.5) is 11.4 Å². The van der Waals surface area contributed by atoms with E-state index in [1.54, 1.807) is 6.07 Å². The van der Waals surface area contributed by atoms with Gasteiger partial charge < -0.3 is 10.2 Å². The highest BCUT2D eigenvalue weighted by atomic mass is 16.6. The predicted octanol–water partition coefficient (Wildman–Crippen LogP) is 4.04. The standard InChI is InChI=1S/C16H27N3O2/c1-4-6-7-11-18(3)13-14-8-9-16(19(20)21)15(12-14)17-10-5-2/h8-9,12,17H,4-7,10-11,13H2,1-3H3. The molecular formula is C16H27N3O2. The summed E-state index contributed by atoms with van der Waals surface area (Å²) in [4.78, 5) is 13.0. The molecule has 0 fully saturated rings. The summed E-state index contributed by atoms with van der Waals surface area (Å²) in [7, 11) is 2.09. The fourth-order valence-electron chi connectivity index (χ4n) is 2.26. The van der Waals surface area contributed by atoms with E-state index in [1.807, 2.05) is 19.1 Å². The summed E-state index contributed by atoms with van der Waals surface area (Å²) >= 11 is 0. The second-order valence-corrected chi connectivity index (χ2v) is 5.48. The summed E-state index contributed by atoms with van der Waals surface area (Å²) in [6.07, 6.45) is 4.60. The fourth-order valence-corrected chi connectivity index (χ4v) is 2.26. The Hall–Kier alpha value is -1.62. The van der Waals surface area contributed by atoms with Gasteiger partial charge >= 0.3 is 0 Å². The maximum atomic E-state index is 11.0. The molecule has 1 aromatic carbocycles. The van der Waals surface area contributed by atoms with Gasteiger partial charge in [0.2, 0.25) is 0 Å². The number of nitrogens with zero attached hydrogens (tertiary/aromatic N) is 2. The number of nitro benzene ring substituents is 1. The van der Waals surface area contributed by atoms with Gasteiger partial charge in [-0.05, 0) is 38.1 Å². The SMILES string of the molecule is CCCCCN(C)Cc1ccc([N+](=O)[O-])c(NCCC)c1. The molecule has 0 amide bonds. The normalized spacial score (nSPS) is 10.9. The lowest BCUT2D eigenvalue weighted by molar-refractivity contribution is -0.384. The second-order valence-electron chi connectivity index (χ2n) is 5.48. The van der Waals surface area contributed by atoms with Gasteiger partial charge in [-0.3, -0.25) is 10.1 Å². The van der Waals surface area contributed by atoms with Crippen LogP contribution in [0, 0.1) is 10.1 Å². The van der Waals surface area contributed by atoms with Crippen molar-refractivity contribution in [3.05, 3.63) is 33.9 Å². The van der Waals surface area contributed by atoms with Crippen LogP contribution in [0.25, 0.3) is 0 Å². The Balaban J connectivity index is 2.72. The zero-order valence-corrected chi connectivity index (χ0v) is 13.4. The van der Waals surface area contributed by atoms with Crippen LogP contribution < -0.4 is 5.32 Å². The second kappa shape index (κ2) is 9.34. The summed E-state index contributed by atoms with van der Waals surface area (Å²) < 4.78 is 0. The maximum Gasteiger partial charge on any atom is 0.292 e. The molecule has 0 saturated heterocycles. The zero-order valence-electron chi connectivity index (χ0n) is 13.4. The Bertz CT molecular complexity index is 449. The number of hydrogen-bond acceptors (Lipinski definition) is 4. The molecule has 0 heterocycles. The first-order chi connectivity index (χ1) is 10.1. The molecule has 0 aliphatic carbocycles. The van der Waals surface area contributed by atoms with Gasteiger partial charge in [0, 0.05) is 19.2 Å². The van der Waals surface area contributed by atoms with Crippen LogP contribution in [0.1, 0.15) is 45.1 Å². The van der Waals surface area contributed by atoms with E-state index in [0.29, 0.717) is 5.69 Å². The number of benzene rings is 1. The van der Waals surface area contributed by atoms with Crippen molar-refractivity contribution in [3.63, 3.8) is 0 Å². The number of nitrogens with one attached hydrogen (secondary N) is 1. The smallest absolute Gasteiger partial charge is 0.292 e. The summed E-state index contributed by atoms with van der Waals surface area (Å²) in [5, 5.41) is 14.2. The lowest BCUT2D eigenvalue weighted by Crippen LogP contribution is -2.19. The maximum absolute atomic E-state index is 11.0. The summed E-state index contributed by atoms with van der Waals surface area (Å²) in [5.74, 6) is 0. The monoisotopic (exact) mass is 293 g/mol. The first-order valence-electron chi connectivity index (χ1n) is 7.78. The van der Waals surface area contributed by atoms with Crippen LogP contribution in [0.2, 0.25) is 0 Å². The van der Waals surface area contributed by atoms with Crippen LogP contribution in [-0.2, 0) is 6.54 Å². The number of rotatable bonds is 10. The first kappa shape index (κ1) is 17.4. The van der Waals surface area contributed by atoms with Crippen LogP contribution in [0.3, 0.4) is 0 Å². The average molecular weight is 293 g/mol. The van der Waals surface area contributed by atoms with E-state index in [2.05, 4.69) is 24.2 Å². The van der Waals surface area contributed by atoms with Crippen LogP contribution >= 0.6 is 0 Å². The highest BCUT2D eigenvalue weighted by Gasteiger charge is 2.14. The van der Waals surface area contributed by atoms with Gasteiger partial charge in [0.05, 0.1) is 4.92 Å². The van der Waals surface area contributed by atoms with Crippen molar-refractivity contribution >= 4 is 11.4 Å². The van der Waals surface area contributed by atoms with E-state index >= 15 is 0 Å². The molecule has 0 aliphatic rings. The minimum Gasteiger partial charge on any atom is -0.379 e. The van der Waals surface area contributed by atoms with Gasteiger partial charge in [-0.15, -0.1) is 0 Å². The molecule has 1 N–H and O–H groups in total. The van der Waals surface area contributed by atoms with Gasteiger partial charge in [-0.2, -0.15) is 0 Å². The number of unbranched alkanes of at least 4 members (excludes halogenated alkanes) is 2. The van der Waals surface area contributed by atoms with E-state index in [0.717, 1.165) is 31.6 Å². The largest absolute Gasteiger partial charge is 0.379 e. The van der Waals surface area contributed by atoms with Crippen molar-refractivity contribution in [2.75, 3.05) is 25.5 Å². The van der Waals surface area contributed by atoms with Crippen molar-refractivity contribution in [2.45, 2.75) is 46.1 Å². The van der Waals surface area contributed by atoms with E-state index in [9.17, 15) is 10.1 Å². The molecule has 0 bridgehead atoms. The molecule has 1 aromatic rings. The molecule has 5 heteroatoms. The molecule has 0 spiro atoms. The minimum absolute atomic E-state index is 0.154. The van der Waals surface area contributed by atoms with Gasteiger partial charge in [-0.1, -0.05) is 32.8 Å². The molecule has 0 aliphatic heterocycles. The van der Waals surface area contributed by atoms with Crippen molar-refractivity contribution in [3.8, 4) is 0 Å². The lowest BCUT2D eigenvalue weighted by atomic mass is 10.1. The molecule has 1 rings (SSSR count). The van der Waals surface area contributed by atoms with Crippen LogP contribution in [0.5, 0.6) is 0 Å². The molecule has 0 unspecified atom stereocenters. The zero-order chi connectivity index (χ0) is 15.7. The lowest BCUT2D eigenvalue weighted by Gasteiger charge is -2.17. The third-order valence-electron chi connectivity index (χ3n) is 3.42. The molecule has 21 heavy (non-hydrogen) atoms. The van der Waals surface area contributed by atoms with Crippen LogP contribution in [0.15, 0.2) is 18.2 Å². The van der Waals surface area contributed by atoms with Gasteiger partial charge in [0.1, 0.15) is 5.69 Å². The Morgan fingerprint density at radius 3 is 2.62 bits per heavy atom. The van der Waals surface area contributed by atoms with Crippen molar-refractivity contribution < 1.29 is 4.92 Å². The quantitative estimate of drug-likeness (QED) is 0.402. The van der Waals surface area contributed by atoms with Crippen molar-refractivity contribution in [1.29, 1.82) is 0 Å². The molecule has 0 saturated carbocycles. The van der Waals surface area contributed by atoms with Gasteiger partial charge in [0.15, 0.2) is 0 Å². The number of anilines is 1. The minimum atomic E-state index is -0.327. The highest BCUT2D eigenvalue weighted by molar-refractivity contribution is 5.62. The van der Waals surface area contributed by atoms with Gasteiger partial charge in [0.25, 0.3) is 5.69 Å². The summed E-state index contributed by atoms with van der Waals surface area (Å²) in [6.45, 7) is 6.87. The Labute approximate surface area is 127 Å². The molecule has 0 atom stereocenters. The molecule has 5 nitrogen and oxygen atoms in total. The third-order valence-corrected chi connectivity index (χ3v) is 3.42. The molecule has 118 valence electrons. The van der Waals surface area contributed by atoms with Crippen molar-refractivity contribution in [2.24, 2.45) is 0 Å². The molecule has 0 radical (unpaired) electrons. The van der Waals surface area contributed by atoms with E-state index in [-0.39, 0.29) is 10.6 Å².